The second-order valence-electron chi connectivity index (χ2n) is 3.15. The lowest BCUT2D eigenvalue weighted by Gasteiger charge is -2.12. The van der Waals surface area contributed by atoms with E-state index < -0.39 is 10.0 Å². The molecule has 0 bridgehead atoms. The Kier molecular flexibility index (Phi) is 5.86. The van der Waals surface area contributed by atoms with E-state index >= 15 is 0 Å². The molecule has 0 aliphatic carbocycles. The minimum atomic E-state index is -3.86. The fourth-order valence-corrected chi connectivity index (χ4v) is 2.66. The van der Waals surface area contributed by atoms with Crippen molar-refractivity contribution in [3.63, 3.8) is 0 Å². The van der Waals surface area contributed by atoms with E-state index in [2.05, 4.69) is 10.0 Å². The lowest BCUT2D eigenvalue weighted by molar-refractivity contribution is 0.449. The number of ether oxygens (including phenoxy) is 1. The molecule has 1 rings (SSSR count). The van der Waals surface area contributed by atoms with Crippen molar-refractivity contribution in [3.05, 3.63) is 35.0 Å². The molecule has 0 saturated carbocycles. The molecule has 5 nitrogen and oxygen atoms in total. The molecule has 0 aliphatic heterocycles. The van der Waals surface area contributed by atoms with Crippen LogP contribution >= 0.6 is 35.4 Å². The van der Waals surface area contributed by atoms with E-state index in [-0.39, 0.29) is 21.0 Å². The molecule has 0 aromatic heterocycles. The normalized spacial score (nSPS) is 11.8. The maximum Gasteiger partial charge on any atom is 0.267 e. The van der Waals surface area contributed by atoms with Crippen molar-refractivity contribution in [1.82, 2.24) is 10.0 Å². The lowest BCUT2D eigenvalue weighted by atomic mass is 10.3. The lowest BCUT2D eigenvalue weighted by Crippen LogP contribution is -2.37. The summed E-state index contributed by atoms with van der Waals surface area (Å²) in [5.74, 6) is 0.0378. The number of hydrogen-bond donors (Lipinski definition) is 2. The van der Waals surface area contributed by atoms with Crippen LogP contribution in [0.15, 0.2) is 39.9 Å². The van der Waals surface area contributed by atoms with Crippen molar-refractivity contribution in [2.24, 2.45) is 0 Å². The van der Waals surface area contributed by atoms with Gasteiger partial charge in [0, 0.05) is 7.05 Å². The fourth-order valence-electron chi connectivity index (χ4n) is 1.11. The van der Waals surface area contributed by atoms with Gasteiger partial charge in [0.15, 0.2) is 5.11 Å². The molecule has 0 radical (unpaired) electrons. The Morgan fingerprint density at radius 1 is 1.42 bits per heavy atom. The van der Waals surface area contributed by atoms with Crippen LogP contribution in [0.1, 0.15) is 0 Å². The average molecular weight is 341 g/mol. The van der Waals surface area contributed by atoms with Crippen molar-refractivity contribution in [2.45, 2.75) is 4.90 Å². The van der Waals surface area contributed by atoms with Crippen LogP contribution in [-0.2, 0) is 10.0 Å². The molecule has 9 heteroatoms. The molecule has 0 fully saturated rings. The molecule has 0 saturated heterocycles. The van der Waals surface area contributed by atoms with Crippen molar-refractivity contribution in [2.75, 3.05) is 7.05 Å². The number of benzene rings is 1. The first-order valence-electron chi connectivity index (χ1n) is 4.88. The topological polar surface area (TPSA) is 67.4 Å². The first-order chi connectivity index (χ1) is 8.90. The Morgan fingerprint density at radius 3 is 2.63 bits per heavy atom. The Labute approximate surface area is 126 Å². The molecule has 19 heavy (non-hydrogen) atoms. The Balaban J connectivity index is 3.16. The smallest absolute Gasteiger partial charge is 0.267 e. The SMILES string of the molecule is CNC(=S)NS(=O)(=O)c1ccccc1O/C(Cl)=C/Cl. The maximum absolute atomic E-state index is 12.1. The number of rotatable bonds is 4. The largest absolute Gasteiger partial charge is 0.443 e. The van der Waals surface area contributed by atoms with Crippen molar-refractivity contribution >= 4 is 50.6 Å². The number of nitrogens with one attached hydrogen (secondary N) is 2. The molecule has 0 spiro atoms. The second-order valence-corrected chi connectivity index (χ2v) is 5.80. The Hall–Kier alpha value is -1.02. The summed E-state index contributed by atoms with van der Waals surface area (Å²) in [5, 5.41) is 2.32. The van der Waals surface area contributed by atoms with Crippen LogP contribution in [0, 0.1) is 0 Å². The Morgan fingerprint density at radius 2 is 2.05 bits per heavy atom. The van der Waals surface area contributed by atoms with E-state index in [9.17, 15) is 8.42 Å². The van der Waals surface area contributed by atoms with Gasteiger partial charge in [-0.3, -0.25) is 4.72 Å². The van der Waals surface area contributed by atoms with Crippen LogP contribution in [0.2, 0.25) is 0 Å². The average Bonchev–Trinajstić information content (AvgIpc) is 2.38. The highest BCUT2D eigenvalue weighted by molar-refractivity contribution is 7.92. The molecule has 0 atom stereocenters. The quantitative estimate of drug-likeness (QED) is 0.649. The van der Waals surface area contributed by atoms with Gasteiger partial charge in [0.25, 0.3) is 10.0 Å². The van der Waals surface area contributed by atoms with Crippen LogP contribution in [0.25, 0.3) is 0 Å². The van der Waals surface area contributed by atoms with E-state index in [4.69, 9.17) is 40.2 Å². The summed E-state index contributed by atoms with van der Waals surface area (Å²) in [6, 6.07) is 5.94. The van der Waals surface area contributed by atoms with E-state index in [0.717, 1.165) is 5.54 Å². The molecule has 2 N–H and O–H groups in total. The predicted octanol–water partition coefficient (Wildman–Crippen LogP) is 2.12. The zero-order valence-electron chi connectivity index (χ0n) is 9.68. The third-order valence-electron chi connectivity index (χ3n) is 1.89. The summed E-state index contributed by atoms with van der Waals surface area (Å²) >= 11 is 15.7. The van der Waals surface area contributed by atoms with Crippen LogP contribution in [0.5, 0.6) is 5.75 Å². The fraction of sp³-hybridized carbons (Fsp3) is 0.100. The van der Waals surface area contributed by atoms with Gasteiger partial charge < -0.3 is 10.1 Å². The zero-order chi connectivity index (χ0) is 14.5. The molecular weight excluding hydrogens is 331 g/mol. The van der Waals surface area contributed by atoms with Gasteiger partial charge in [0.05, 0.1) is 5.54 Å². The summed E-state index contributed by atoms with van der Waals surface area (Å²) < 4.78 is 31.4. The molecule has 0 aliphatic rings. The van der Waals surface area contributed by atoms with Gasteiger partial charge in [0.2, 0.25) is 5.22 Å². The van der Waals surface area contributed by atoms with Crippen molar-refractivity contribution in [3.8, 4) is 5.75 Å². The highest BCUT2D eigenvalue weighted by Crippen LogP contribution is 2.26. The van der Waals surface area contributed by atoms with Crippen molar-refractivity contribution in [1.29, 1.82) is 0 Å². The number of thiocarbonyl (C=S) groups is 1. The molecule has 1 aromatic carbocycles. The van der Waals surface area contributed by atoms with E-state index in [1.54, 1.807) is 12.1 Å². The van der Waals surface area contributed by atoms with Crippen LogP contribution < -0.4 is 14.8 Å². The molecule has 0 heterocycles. The van der Waals surface area contributed by atoms with Gasteiger partial charge >= 0.3 is 0 Å². The van der Waals surface area contributed by atoms with Gasteiger partial charge in [-0.1, -0.05) is 23.7 Å². The highest BCUT2D eigenvalue weighted by Gasteiger charge is 2.20. The summed E-state index contributed by atoms with van der Waals surface area (Å²) in [4.78, 5) is -0.107. The number of hydrogen-bond acceptors (Lipinski definition) is 4. The molecule has 104 valence electrons. The minimum Gasteiger partial charge on any atom is -0.443 e. The van der Waals surface area contributed by atoms with Gasteiger partial charge in [0.1, 0.15) is 10.6 Å². The summed E-state index contributed by atoms with van der Waals surface area (Å²) in [6.07, 6.45) is 0. The Bertz CT molecular complexity index is 603. The van der Waals surface area contributed by atoms with E-state index in [0.29, 0.717) is 0 Å². The van der Waals surface area contributed by atoms with Crippen molar-refractivity contribution < 1.29 is 13.2 Å². The summed E-state index contributed by atoms with van der Waals surface area (Å²) in [5.41, 5.74) is 0.983. The highest BCUT2D eigenvalue weighted by atomic mass is 35.5. The van der Waals surface area contributed by atoms with Gasteiger partial charge in [-0.25, -0.2) is 8.42 Å². The molecular formula is C10H10Cl2N2O3S2. The zero-order valence-corrected chi connectivity index (χ0v) is 12.8. The van der Waals surface area contributed by atoms with Gasteiger partial charge in [-0.15, -0.1) is 0 Å². The van der Waals surface area contributed by atoms with Crippen LogP contribution in [0.4, 0.5) is 0 Å². The first-order valence-corrected chi connectivity index (χ1v) is 7.58. The first kappa shape index (κ1) is 16.0. The third kappa shape index (κ3) is 4.54. The molecule has 1 aromatic rings. The standard InChI is InChI=1S/C10H10Cl2N2O3S2/c1-13-10(18)14-19(15,16)8-5-3-2-4-7(8)17-9(12)6-11/h2-6H,1H3,(H2,13,14,18)/b9-6+. The third-order valence-corrected chi connectivity index (χ3v) is 4.21. The van der Waals surface area contributed by atoms with Crippen LogP contribution in [-0.4, -0.2) is 20.6 Å². The number of sulfonamides is 1. The minimum absolute atomic E-state index is 0.0335. The molecule has 0 unspecified atom stereocenters. The number of halogens is 2. The van der Waals surface area contributed by atoms with Crippen LogP contribution in [0.3, 0.4) is 0 Å². The van der Waals surface area contributed by atoms with E-state index in [1.807, 2.05) is 0 Å². The number of para-hydroxylation sites is 1. The summed E-state index contributed by atoms with van der Waals surface area (Å²) in [6.45, 7) is 0. The molecule has 0 amide bonds. The maximum atomic E-state index is 12.1. The van der Waals surface area contributed by atoms with Gasteiger partial charge in [-0.2, -0.15) is 0 Å². The van der Waals surface area contributed by atoms with Gasteiger partial charge in [-0.05, 0) is 36.0 Å². The monoisotopic (exact) mass is 340 g/mol. The summed E-state index contributed by atoms with van der Waals surface area (Å²) in [7, 11) is -2.36. The van der Waals surface area contributed by atoms with E-state index in [1.165, 1.54) is 19.2 Å². The predicted molar refractivity (Wildman–Crippen MR) is 78.8 cm³/mol. The second kappa shape index (κ2) is 6.95.